The predicted octanol–water partition coefficient (Wildman–Crippen LogP) is 3.45. The first-order chi connectivity index (χ1) is 13.1. The zero-order valence-corrected chi connectivity index (χ0v) is 15.7. The molecule has 0 bridgehead atoms. The minimum absolute atomic E-state index is 0.222. The molecule has 1 aromatic heterocycles. The Bertz CT molecular complexity index is 855. The van der Waals surface area contributed by atoms with Crippen LogP contribution in [0.3, 0.4) is 0 Å². The highest BCUT2D eigenvalue weighted by Crippen LogP contribution is 2.38. The summed E-state index contributed by atoms with van der Waals surface area (Å²) >= 11 is 0. The zero-order valence-electron chi connectivity index (χ0n) is 15.7. The minimum Gasteiger partial charge on any atom is -0.355 e. The fourth-order valence-electron chi connectivity index (χ4n) is 3.98. The van der Waals surface area contributed by atoms with Crippen LogP contribution in [0.1, 0.15) is 24.8 Å². The maximum absolute atomic E-state index is 14.9. The fourth-order valence-corrected chi connectivity index (χ4v) is 3.98. The summed E-state index contributed by atoms with van der Waals surface area (Å²) in [6.07, 6.45) is 8.31. The molecule has 0 spiro atoms. The molecule has 3 heterocycles. The third kappa shape index (κ3) is 3.49. The highest BCUT2D eigenvalue weighted by Gasteiger charge is 2.27. The molecule has 6 heteroatoms. The van der Waals surface area contributed by atoms with E-state index in [0.717, 1.165) is 49.4 Å². The largest absolute Gasteiger partial charge is 0.355 e. The first-order valence-electron chi connectivity index (χ1n) is 9.57. The lowest BCUT2D eigenvalue weighted by molar-refractivity contribution is 0.601. The number of nitrogens with two attached hydrogens (primary N) is 1. The van der Waals surface area contributed by atoms with E-state index >= 15 is 0 Å². The van der Waals surface area contributed by atoms with Crippen LogP contribution in [0.25, 0.3) is 5.70 Å². The van der Waals surface area contributed by atoms with E-state index in [1.54, 1.807) is 6.08 Å². The Kier molecular flexibility index (Phi) is 4.99. The van der Waals surface area contributed by atoms with Gasteiger partial charge in [0, 0.05) is 38.3 Å². The number of anilines is 2. The lowest BCUT2D eigenvalue weighted by Crippen LogP contribution is -2.31. The SMILES string of the molecule is Cn1ncc(N2CC=CC(F)=C2c2ccccc2)c1N1CCC[C@@H](N)CC1. The summed E-state index contributed by atoms with van der Waals surface area (Å²) in [4.78, 5) is 4.37. The fraction of sp³-hybridized carbons (Fsp3) is 0.381. The van der Waals surface area contributed by atoms with Crippen LogP contribution in [0.15, 0.2) is 54.5 Å². The van der Waals surface area contributed by atoms with E-state index in [2.05, 4.69) is 10.00 Å². The van der Waals surface area contributed by atoms with Gasteiger partial charge in [-0.15, -0.1) is 0 Å². The van der Waals surface area contributed by atoms with Gasteiger partial charge in [-0.05, 0) is 25.3 Å². The van der Waals surface area contributed by atoms with E-state index < -0.39 is 0 Å². The van der Waals surface area contributed by atoms with E-state index in [1.165, 1.54) is 0 Å². The molecule has 4 rings (SSSR count). The monoisotopic (exact) mass is 367 g/mol. The van der Waals surface area contributed by atoms with Crippen LogP contribution in [0.2, 0.25) is 0 Å². The van der Waals surface area contributed by atoms with Crippen LogP contribution in [0.4, 0.5) is 15.9 Å². The number of aryl methyl sites for hydroxylation is 1. The lowest BCUT2D eigenvalue weighted by atomic mass is 10.1. The average molecular weight is 367 g/mol. The van der Waals surface area contributed by atoms with Gasteiger partial charge in [-0.2, -0.15) is 5.10 Å². The van der Waals surface area contributed by atoms with Crippen LogP contribution < -0.4 is 15.5 Å². The normalized spacial score (nSPS) is 20.9. The van der Waals surface area contributed by atoms with Gasteiger partial charge in [-0.25, -0.2) is 4.39 Å². The van der Waals surface area contributed by atoms with Crippen molar-refractivity contribution >= 4 is 17.2 Å². The number of hydrogen-bond donors (Lipinski definition) is 1. The van der Waals surface area contributed by atoms with Crippen molar-refractivity contribution in [3.63, 3.8) is 0 Å². The summed E-state index contributed by atoms with van der Waals surface area (Å²) in [5, 5.41) is 4.50. The van der Waals surface area contributed by atoms with Crippen molar-refractivity contribution in [2.24, 2.45) is 12.8 Å². The molecule has 2 N–H and O–H groups in total. The van der Waals surface area contributed by atoms with Crippen LogP contribution >= 0.6 is 0 Å². The second-order valence-electron chi connectivity index (χ2n) is 7.23. The Labute approximate surface area is 159 Å². The predicted molar refractivity (Wildman–Crippen MR) is 108 cm³/mol. The second kappa shape index (κ2) is 7.56. The molecule has 0 unspecified atom stereocenters. The van der Waals surface area contributed by atoms with E-state index in [4.69, 9.17) is 5.73 Å². The van der Waals surface area contributed by atoms with Gasteiger partial charge in [0.15, 0.2) is 5.82 Å². The van der Waals surface area contributed by atoms with E-state index in [1.807, 2.05) is 59.2 Å². The number of allylic oxidation sites excluding steroid dienone is 2. The van der Waals surface area contributed by atoms with Gasteiger partial charge in [0.05, 0.1) is 11.9 Å². The molecule has 0 amide bonds. The Morgan fingerprint density at radius 3 is 2.78 bits per heavy atom. The number of aromatic nitrogens is 2. The first kappa shape index (κ1) is 17.8. The summed E-state index contributed by atoms with van der Waals surface area (Å²) in [6, 6.07) is 9.96. The van der Waals surface area contributed by atoms with Crippen molar-refractivity contribution in [1.82, 2.24) is 9.78 Å². The van der Waals surface area contributed by atoms with Crippen molar-refractivity contribution in [1.29, 1.82) is 0 Å². The zero-order chi connectivity index (χ0) is 18.8. The number of benzene rings is 1. The van der Waals surface area contributed by atoms with Gasteiger partial charge < -0.3 is 15.5 Å². The molecule has 1 atom stereocenters. The van der Waals surface area contributed by atoms with Crippen molar-refractivity contribution in [2.45, 2.75) is 25.3 Å². The van der Waals surface area contributed by atoms with Crippen molar-refractivity contribution in [2.75, 3.05) is 29.4 Å². The van der Waals surface area contributed by atoms with Crippen LogP contribution in [0.5, 0.6) is 0 Å². The molecular formula is C21H26FN5. The standard InChI is InChI=1S/C21H26FN5/c1-25-21(26-12-5-9-17(23)11-14-26)19(15-24-25)27-13-6-10-18(22)20(27)16-7-3-2-4-8-16/h2-4,6-8,10,15,17H,5,9,11-14,23H2,1H3/t17-/m1/s1. The molecule has 2 aromatic rings. The topological polar surface area (TPSA) is 50.3 Å². The van der Waals surface area contributed by atoms with Gasteiger partial charge in [-0.3, -0.25) is 4.68 Å². The summed E-state index contributed by atoms with van der Waals surface area (Å²) in [6.45, 7) is 2.45. The molecule has 2 aliphatic heterocycles. The van der Waals surface area contributed by atoms with Crippen LogP contribution in [-0.4, -0.2) is 35.5 Å². The summed E-state index contributed by atoms with van der Waals surface area (Å²) in [7, 11) is 1.95. The number of nitrogens with zero attached hydrogens (tertiary/aromatic N) is 4. The molecule has 27 heavy (non-hydrogen) atoms. The maximum Gasteiger partial charge on any atom is 0.150 e. The molecular weight excluding hydrogens is 341 g/mol. The Balaban J connectivity index is 1.74. The summed E-state index contributed by atoms with van der Waals surface area (Å²) in [5.41, 5.74) is 8.56. The van der Waals surface area contributed by atoms with Crippen LogP contribution in [-0.2, 0) is 7.05 Å². The van der Waals surface area contributed by atoms with Crippen molar-refractivity contribution in [3.05, 3.63) is 60.1 Å². The van der Waals surface area contributed by atoms with Gasteiger partial charge in [0.25, 0.3) is 0 Å². The molecule has 142 valence electrons. The van der Waals surface area contributed by atoms with E-state index in [9.17, 15) is 4.39 Å². The molecule has 0 aliphatic carbocycles. The average Bonchev–Trinajstić information content (AvgIpc) is 2.93. The number of rotatable bonds is 3. The van der Waals surface area contributed by atoms with E-state index in [0.29, 0.717) is 12.2 Å². The highest BCUT2D eigenvalue weighted by atomic mass is 19.1. The minimum atomic E-state index is -0.222. The third-order valence-electron chi connectivity index (χ3n) is 5.35. The molecule has 1 saturated heterocycles. The lowest BCUT2D eigenvalue weighted by Gasteiger charge is -2.32. The molecule has 1 aromatic carbocycles. The van der Waals surface area contributed by atoms with E-state index in [-0.39, 0.29) is 11.9 Å². The highest BCUT2D eigenvalue weighted by molar-refractivity contribution is 5.87. The maximum atomic E-state index is 14.9. The first-order valence-corrected chi connectivity index (χ1v) is 9.57. The molecule has 2 aliphatic rings. The van der Waals surface area contributed by atoms with Gasteiger partial charge >= 0.3 is 0 Å². The number of hydrogen-bond acceptors (Lipinski definition) is 4. The quantitative estimate of drug-likeness (QED) is 0.903. The van der Waals surface area contributed by atoms with Crippen LogP contribution in [0, 0.1) is 0 Å². The smallest absolute Gasteiger partial charge is 0.150 e. The number of halogens is 1. The molecule has 1 fully saturated rings. The molecule has 0 radical (unpaired) electrons. The van der Waals surface area contributed by atoms with Crippen molar-refractivity contribution in [3.8, 4) is 0 Å². The second-order valence-corrected chi connectivity index (χ2v) is 7.23. The Morgan fingerprint density at radius 2 is 1.96 bits per heavy atom. The van der Waals surface area contributed by atoms with Gasteiger partial charge in [0.2, 0.25) is 0 Å². The Hall–Kier alpha value is -2.60. The van der Waals surface area contributed by atoms with Crippen molar-refractivity contribution < 1.29 is 4.39 Å². The summed E-state index contributed by atoms with van der Waals surface area (Å²) < 4.78 is 16.8. The van der Waals surface area contributed by atoms with Gasteiger partial charge in [0.1, 0.15) is 11.5 Å². The van der Waals surface area contributed by atoms with Gasteiger partial charge in [-0.1, -0.05) is 36.4 Å². The Morgan fingerprint density at radius 1 is 1.15 bits per heavy atom. The molecule has 0 saturated carbocycles. The summed E-state index contributed by atoms with van der Waals surface area (Å²) in [5.74, 6) is 0.806. The third-order valence-corrected chi connectivity index (χ3v) is 5.35. The molecule has 5 nitrogen and oxygen atoms in total.